The molecule has 142 valence electrons. The molecule has 2 aliphatic rings. The molecule has 2 fully saturated rings. The van der Waals surface area contributed by atoms with Gasteiger partial charge in [-0.2, -0.15) is 0 Å². The second kappa shape index (κ2) is 8.31. The van der Waals surface area contributed by atoms with Gasteiger partial charge in [-0.15, -0.1) is 0 Å². The Morgan fingerprint density at radius 1 is 1.23 bits per heavy atom. The second-order valence-electron chi connectivity index (χ2n) is 6.86. The molecule has 8 heteroatoms. The number of piperidine rings is 1. The summed E-state index contributed by atoms with van der Waals surface area (Å²) in [5, 5.41) is 3.57. The van der Waals surface area contributed by atoms with Gasteiger partial charge in [0.2, 0.25) is 11.8 Å². The minimum Gasteiger partial charge on any atom is -0.353 e. The normalized spacial score (nSPS) is 22.2. The first-order chi connectivity index (χ1) is 12.4. The summed E-state index contributed by atoms with van der Waals surface area (Å²) < 4.78 is 24.8. The number of amides is 2. The Kier molecular flexibility index (Phi) is 6.09. The molecule has 0 bridgehead atoms. The first-order valence-corrected chi connectivity index (χ1v) is 9.17. The van der Waals surface area contributed by atoms with Crippen LogP contribution in [0.2, 0.25) is 5.02 Å². The molecule has 2 amide bonds. The molecule has 0 spiro atoms. The number of hydrogen-bond acceptors (Lipinski definition) is 3. The molecule has 0 radical (unpaired) electrons. The number of benzene rings is 1. The Morgan fingerprint density at radius 2 is 1.88 bits per heavy atom. The van der Waals surface area contributed by atoms with Crippen LogP contribution in [-0.4, -0.2) is 55.4 Å². The van der Waals surface area contributed by atoms with Gasteiger partial charge in [-0.3, -0.25) is 14.5 Å². The molecule has 0 aromatic heterocycles. The van der Waals surface area contributed by atoms with Gasteiger partial charge in [-0.1, -0.05) is 11.6 Å². The van der Waals surface area contributed by atoms with Gasteiger partial charge in [0.25, 0.3) is 6.43 Å². The molecular formula is C18H22ClF2N3O2. The summed E-state index contributed by atoms with van der Waals surface area (Å²) >= 11 is 5.87. The molecule has 0 unspecified atom stereocenters. The number of rotatable bonds is 5. The molecule has 26 heavy (non-hydrogen) atoms. The smallest absolute Gasteiger partial charge is 0.251 e. The van der Waals surface area contributed by atoms with E-state index in [0.717, 1.165) is 5.69 Å². The predicted molar refractivity (Wildman–Crippen MR) is 95.5 cm³/mol. The van der Waals surface area contributed by atoms with E-state index < -0.39 is 12.3 Å². The highest BCUT2D eigenvalue weighted by Gasteiger charge is 2.36. The minimum absolute atomic E-state index is 0.0175. The van der Waals surface area contributed by atoms with Gasteiger partial charge in [-0.25, -0.2) is 8.78 Å². The SMILES string of the molecule is O=C(NC1CCN(CC(F)F)CC1)[C@H]1CC(=O)N(c2ccc(Cl)cc2)C1. The lowest BCUT2D eigenvalue weighted by molar-refractivity contribution is -0.127. The largest absolute Gasteiger partial charge is 0.353 e. The average molecular weight is 386 g/mol. The maximum absolute atomic E-state index is 12.5. The molecular weight excluding hydrogens is 364 g/mol. The Morgan fingerprint density at radius 3 is 2.50 bits per heavy atom. The number of halogens is 3. The van der Waals surface area contributed by atoms with Gasteiger partial charge in [0.1, 0.15) is 0 Å². The van der Waals surface area contributed by atoms with Gasteiger partial charge >= 0.3 is 0 Å². The Balaban J connectivity index is 1.50. The maximum Gasteiger partial charge on any atom is 0.251 e. The lowest BCUT2D eigenvalue weighted by Gasteiger charge is -2.32. The molecule has 0 aliphatic carbocycles. The second-order valence-corrected chi connectivity index (χ2v) is 7.29. The monoisotopic (exact) mass is 385 g/mol. The molecule has 2 heterocycles. The Labute approximate surface area is 156 Å². The van der Waals surface area contributed by atoms with Gasteiger partial charge in [-0.05, 0) is 37.1 Å². The number of hydrogen-bond donors (Lipinski definition) is 1. The molecule has 1 aromatic rings. The van der Waals surface area contributed by atoms with Crippen molar-refractivity contribution in [2.45, 2.75) is 31.7 Å². The van der Waals surface area contributed by atoms with E-state index in [1.165, 1.54) is 0 Å². The first-order valence-electron chi connectivity index (χ1n) is 8.79. The summed E-state index contributed by atoms with van der Waals surface area (Å²) in [4.78, 5) is 28.1. The zero-order chi connectivity index (χ0) is 18.7. The minimum atomic E-state index is -2.33. The van der Waals surface area contributed by atoms with Crippen molar-refractivity contribution in [3.05, 3.63) is 29.3 Å². The third kappa shape index (κ3) is 4.71. The van der Waals surface area contributed by atoms with Crippen molar-refractivity contribution >= 4 is 29.1 Å². The fourth-order valence-electron chi connectivity index (χ4n) is 3.53. The highest BCUT2D eigenvalue weighted by atomic mass is 35.5. The van der Waals surface area contributed by atoms with Crippen LogP contribution in [0.25, 0.3) is 0 Å². The fraction of sp³-hybridized carbons (Fsp3) is 0.556. The maximum atomic E-state index is 12.5. The summed E-state index contributed by atoms with van der Waals surface area (Å²) in [5.74, 6) is -0.612. The summed E-state index contributed by atoms with van der Waals surface area (Å²) in [6.07, 6.45) is -0.844. The molecule has 2 saturated heterocycles. The van der Waals surface area contributed by atoms with Crippen LogP contribution in [0.5, 0.6) is 0 Å². The predicted octanol–water partition coefficient (Wildman–Crippen LogP) is 2.54. The van der Waals surface area contributed by atoms with E-state index in [9.17, 15) is 18.4 Å². The lowest BCUT2D eigenvalue weighted by atomic mass is 10.0. The highest BCUT2D eigenvalue weighted by molar-refractivity contribution is 6.30. The molecule has 1 N–H and O–H groups in total. The molecule has 2 aliphatic heterocycles. The zero-order valence-corrected chi connectivity index (χ0v) is 15.1. The summed E-state index contributed by atoms with van der Waals surface area (Å²) in [6, 6.07) is 6.93. The number of carbonyl (C=O) groups excluding carboxylic acids is 2. The number of nitrogens with zero attached hydrogens (tertiary/aromatic N) is 2. The molecule has 5 nitrogen and oxygen atoms in total. The summed E-state index contributed by atoms with van der Waals surface area (Å²) in [7, 11) is 0. The van der Waals surface area contributed by atoms with E-state index in [4.69, 9.17) is 11.6 Å². The van der Waals surface area contributed by atoms with Crippen LogP contribution in [0, 0.1) is 5.92 Å². The average Bonchev–Trinajstić information content (AvgIpc) is 2.99. The third-order valence-corrected chi connectivity index (χ3v) is 5.22. The summed E-state index contributed by atoms with van der Waals surface area (Å²) in [6.45, 7) is 1.23. The molecule has 1 atom stereocenters. The number of carbonyl (C=O) groups is 2. The van der Waals surface area contributed by atoms with Crippen LogP contribution in [0.4, 0.5) is 14.5 Å². The molecule has 3 rings (SSSR count). The van der Waals surface area contributed by atoms with Gasteiger partial charge in [0.05, 0.1) is 12.5 Å². The van der Waals surface area contributed by atoms with Gasteiger partial charge < -0.3 is 10.2 Å². The van der Waals surface area contributed by atoms with Crippen LogP contribution < -0.4 is 10.2 Å². The van der Waals surface area contributed by atoms with Crippen LogP contribution in [0.15, 0.2) is 24.3 Å². The highest BCUT2D eigenvalue weighted by Crippen LogP contribution is 2.26. The topological polar surface area (TPSA) is 52.7 Å². The van der Waals surface area contributed by atoms with E-state index in [0.29, 0.717) is 37.5 Å². The zero-order valence-electron chi connectivity index (χ0n) is 14.3. The molecule has 0 saturated carbocycles. The Bertz CT molecular complexity index is 648. The number of nitrogens with one attached hydrogen (secondary N) is 1. The quantitative estimate of drug-likeness (QED) is 0.847. The van der Waals surface area contributed by atoms with Crippen LogP contribution >= 0.6 is 11.6 Å². The third-order valence-electron chi connectivity index (χ3n) is 4.96. The lowest BCUT2D eigenvalue weighted by Crippen LogP contribution is -2.47. The van der Waals surface area contributed by atoms with Gasteiger partial charge in [0.15, 0.2) is 0 Å². The van der Waals surface area contributed by atoms with Crippen LogP contribution in [-0.2, 0) is 9.59 Å². The van der Waals surface area contributed by atoms with Crippen molar-refractivity contribution < 1.29 is 18.4 Å². The Hall–Kier alpha value is -1.73. The van der Waals surface area contributed by atoms with E-state index in [1.54, 1.807) is 34.1 Å². The van der Waals surface area contributed by atoms with Gasteiger partial charge in [0, 0.05) is 42.8 Å². The van der Waals surface area contributed by atoms with Crippen LogP contribution in [0.1, 0.15) is 19.3 Å². The van der Waals surface area contributed by atoms with Crippen molar-refractivity contribution in [3.8, 4) is 0 Å². The first kappa shape index (κ1) is 19.0. The fourth-order valence-corrected chi connectivity index (χ4v) is 3.65. The molecule has 1 aromatic carbocycles. The summed E-state index contributed by atoms with van der Waals surface area (Å²) in [5.41, 5.74) is 0.731. The van der Waals surface area contributed by atoms with E-state index >= 15 is 0 Å². The van der Waals surface area contributed by atoms with Crippen LogP contribution in [0.3, 0.4) is 0 Å². The van der Waals surface area contributed by atoms with E-state index in [1.807, 2.05) is 0 Å². The number of likely N-dealkylation sites (tertiary alicyclic amines) is 1. The van der Waals surface area contributed by atoms with Crippen molar-refractivity contribution in [1.29, 1.82) is 0 Å². The van der Waals surface area contributed by atoms with E-state index in [2.05, 4.69) is 5.32 Å². The van der Waals surface area contributed by atoms with E-state index in [-0.39, 0.29) is 30.8 Å². The van der Waals surface area contributed by atoms with Crippen molar-refractivity contribution in [3.63, 3.8) is 0 Å². The van der Waals surface area contributed by atoms with Crippen molar-refractivity contribution in [2.24, 2.45) is 5.92 Å². The standard InChI is InChI=1S/C18H22ClF2N3O2/c19-13-1-3-15(4-2-13)24-10-12(9-17(24)25)18(26)22-14-5-7-23(8-6-14)11-16(20)21/h1-4,12,14,16H,5-11H2,(H,22,26)/t12-/m0/s1. The number of alkyl halides is 2. The van der Waals surface area contributed by atoms with Crippen molar-refractivity contribution in [2.75, 3.05) is 31.1 Å². The van der Waals surface area contributed by atoms with Crippen molar-refractivity contribution in [1.82, 2.24) is 10.2 Å². The number of anilines is 1.